The van der Waals surface area contributed by atoms with E-state index in [1.54, 1.807) is 35.5 Å². The van der Waals surface area contributed by atoms with Crippen molar-refractivity contribution in [3.63, 3.8) is 0 Å². The molecule has 0 aromatic carbocycles. The van der Waals surface area contributed by atoms with E-state index in [9.17, 15) is 9.18 Å². The molecule has 1 amide bonds. The fourth-order valence-electron chi connectivity index (χ4n) is 2.88. The van der Waals surface area contributed by atoms with Gasteiger partial charge in [-0.25, -0.2) is 9.37 Å². The lowest BCUT2D eigenvalue weighted by Gasteiger charge is -2.14. The van der Waals surface area contributed by atoms with Crippen molar-refractivity contribution in [1.82, 2.24) is 35.3 Å². The number of aromatic nitrogens is 6. The molecule has 0 fully saturated rings. The summed E-state index contributed by atoms with van der Waals surface area (Å²) in [5, 5.41) is 16.5. The fourth-order valence-corrected chi connectivity index (χ4v) is 2.88. The monoisotopic (exact) mass is 406 g/mol. The van der Waals surface area contributed by atoms with Crippen LogP contribution in [0.4, 0.5) is 10.2 Å². The van der Waals surface area contributed by atoms with Gasteiger partial charge >= 0.3 is 0 Å². The van der Waals surface area contributed by atoms with Crippen molar-refractivity contribution in [2.75, 3.05) is 11.9 Å². The topological polar surface area (TPSA) is 113 Å². The van der Waals surface area contributed by atoms with Gasteiger partial charge in [-0.2, -0.15) is 10.2 Å². The van der Waals surface area contributed by atoms with Gasteiger partial charge in [-0.1, -0.05) is 6.07 Å². The summed E-state index contributed by atoms with van der Waals surface area (Å²) in [5.74, 6) is -0.769. The van der Waals surface area contributed by atoms with E-state index < -0.39 is 11.7 Å². The maximum atomic E-state index is 14.7. The van der Waals surface area contributed by atoms with Gasteiger partial charge in [0.05, 0.1) is 18.3 Å². The third-order valence-corrected chi connectivity index (χ3v) is 4.36. The SMILES string of the molecule is O=C(NCc1cccnc1)c1cc(F)c(-c2cn[nH]c2)nc1NCCn1cccn1. The zero-order chi connectivity index (χ0) is 20.8. The second-order valence-corrected chi connectivity index (χ2v) is 6.44. The number of rotatable bonds is 8. The molecule has 0 aliphatic carbocycles. The summed E-state index contributed by atoms with van der Waals surface area (Å²) in [5.41, 5.74) is 1.55. The first kappa shape index (κ1) is 19.2. The van der Waals surface area contributed by atoms with Crippen molar-refractivity contribution in [2.45, 2.75) is 13.1 Å². The van der Waals surface area contributed by atoms with Gasteiger partial charge in [0.2, 0.25) is 0 Å². The Kier molecular flexibility index (Phi) is 5.74. The molecule has 30 heavy (non-hydrogen) atoms. The van der Waals surface area contributed by atoms with Gasteiger partial charge < -0.3 is 10.6 Å². The van der Waals surface area contributed by atoms with Gasteiger partial charge in [-0.15, -0.1) is 0 Å². The molecule has 0 radical (unpaired) electrons. The number of hydrogen-bond acceptors (Lipinski definition) is 6. The number of nitrogens with zero attached hydrogens (tertiary/aromatic N) is 5. The van der Waals surface area contributed by atoms with Crippen molar-refractivity contribution in [3.05, 3.63) is 78.4 Å². The third kappa shape index (κ3) is 4.49. The smallest absolute Gasteiger partial charge is 0.255 e. The van der Waals surface area contributed by atoms with E-state index in [1.165, 1.54) is 12.3 Å². The predicted octanol–water partition coefficient (Wildman–Crippen LogP) is 2.24. The molecular formula is C20H19FN8O. The Morgan fingerprint density at radius 3 is 2.90 bits per heavy atom. The van der Waals surface area contributed by atoms with Crippen LogP contribution in [-0.4, -0.2) is 42.4 Å². The van der Waals surface area contributed by atoms with E-state index in [2.05, 4.69) is 35.9 Å². The minimum atomic E-state index is -0.611. The molecule has 0 bridgehead atoms. The Bertz CT molecular complexity index is 1100. The molecule has 4 aromatic rings. The molecule has 0 aliphatic heterocycles. The van der Waals surface area contributed by atoms with Crippen LogP contribution in [-0.2, 0) is 13.1 Å². The molecule has 0 aliphatic rings. The average Bonchev–Trinajstić information content (AvgIpc) is 3.48. The molecule has 10 heteroatoms. The van der Waals surface area contributed by atoms with Crippen LogP contribution in [0.1, 0.15) is 15.9 Å². The summed E-state index contributed by atoms with van der Waals surface area (Å²) in [7, 11) is 0. The number of aromatic amines is 1. The molecule has 4 aromatic heterocycles. The number of carbonyl (C=O) groups excluding carboxylic acids is 1. The number of halogens is 1. The number of hydrogen-bond donors (Lipinski definition) is 3. The average molecular weight is 406 g/mol. The standard InChI is InChI=1S/C20H19FN8O/c21-17-9-16(20(30)24-11-14-3-1-4-22-10-14)19(23-6-8-29-7-2-5-27-29)28-18(17)15-12-25-26-13-15/h1-5,7,9-10,12-13H,6,8,11H2,(H,23,28)(H,24,30)(H,25,26). The van der Waals surface area contributed by atoms with Crippen LogP contribution >= 0.6 is 0 Å². The number of H-pyrrole nitrogens is 1. The van der Waals surface area contributed by atoms with Crippen molar-refractivity contribution in [2.24, 2.45) is 0 Å². The van der Waals surface area contributed by atoms with E-state index in [4.69, 9.17) is 0 Å². The molecule has 0 atom stereocenters. The minimum Gasteiger partial charge on any atom is -0.368 e. The first-order chi connectivity index (χ1) is 14.7. The summed E-state index contributed by atoms with van der Waals surface area (Å²) in [6, 6.07) is 6.64. The number of anilines is 1. The molecule has 9 nitrogen and oxygen atoms in total. The van der Waals surface area contributed by atoms with Crippen molar-refractivity contribution in [3.8, 4) is 11.3 Å². The lowest BCUT2D eigenvalue weighted by Crippen LogP contribution is -2.25. The first-order valence-electron chi connectivity index (χ1n) is 9.29. The van der Waals surface area contributed by atoms with Gasteiger partial charge in [-0.3, -0.25) is 19.6 Å². The Hall–Kier alpha value is -4.08. The largest absolute Gasteiger partial charge is 0.368 e. The Balaban J connectivity index is 1.56. The maximum absolute atomic E-state index is 14.7. The van der Waals surface area contributed by atoms with Gasteiger partial charge in [0.1, 0.15) is 11.5 Å². The summed E-state index contributed by atoms with van der Waals surface area (Å²) in [4.78, 5) is 21.1. The highest BCUT2D eigenvalue weighted by Crippen LogP contribution is 2.25. The molecule has 3 N–H and O–H groups in total. The highest BCUT2D eigenvalue weighted by Gasteiger charge is 2.19. The van der Waals surface area contributed by atoms with Crippen LogP contribution in [0.2, 0.25) is 0 Å². The van der Waals surface area contributed by atoms with E-state index in [0.29, 0.717) is 18.7 Å². The quantitative estimate of drug-likeness (QED) is 0.414. The van der Waals surface area contributed by atoms with Crippen LogP contribution < -0.4 is 10.6 Å². The summed E-state index contributed by atoms with van der Waals surface area (Å²) >= 11 is 0. The number of nitrogens with one attached hydrogen (secondary N) is 3. The molecular weight excluding hydrogens is 387 g/mol. The summed E-state index contributed by atoms with van der Waals surface area (Å²) in [6.45, 7) is 1.28. The van der Waals surface area contributed by atoms with E-state index in [1.807, 2.05) is 18.3 Å². The van der Waals surface area contributed by atoms with Crippen molar-refractivity contribution >= 4 is 11.7 Å². The molecule has 4 heterocycles. The van der Waals surface area contributed by atoms with Gasteiger partial charge in [0.15, 0.2) is 5.82 Å². The van der Waals surface area contributed by atoms with Gasteiger partial charge in [0, 0.05) is 49.6 Å². The van der Waals surface area contributed by atoms with E-state index in [-0.39, 0.29) is 23.6 Å². The Labute approximate surface area is 171 Å². The maximum Gasteiger partial charge on any atom is 0.255 e. The summed E-state index contributed by atoms with van der Waals surface area (Å²) in [6.07, 6.45) is 9.84. The van der Waals surface area contributed by atoms with Crippen LogP contribution in [0.25, 0.3) is 11.3 Å². The molecule has 0 unspecified atom stereocenters. The highest BCUT2D eigenvalue weighted by molar-refractivity contribution is 5.99. The normalized spacial score (nSPS) is 10.7. The Morgan fingerprint density at radius 2 is 2.17 bits per heavy atom. The third-order valence-electron chi connectivity index (χ3n) is 4.36. The molecule has 0 saturated heterocycles. The van der Waals surface area contributed by atoms with Crippen molar-refractivity contribution < 1.29 is 9.18 Å². The van der Waals surface area contributed by atoms with E-state index >= 15 is 0 Å². The van der Waals surface area contributed by atoms with E-state index in [0.717, 1.165) is 5.56 Å². The zero-order valence-corrected chi connectivity index (χ0v) is 15.9. The molecule has 152 valence electrons. The minimum absolute atomic E-state index is 0.106. The number of amides is 1. The second kappa shape index (κ2) is 8.95. The lowest BCUT2D eigenvalue weighted by molar-refractivity contribution is 0.0951. The summed E-state index contributed by atoms with van der Waals surface area (Å²) < 4.78 is 16.5. The first-order valence-corrected chi connectivity index (χ1v) is 9.29. The van der Waals surface area contributed by atoms with Crippen LogP contribution in [0.5, 0.6) is 0 Å². The second-order valence-electron chi connectivity index (χ2n) is 6.44. The number of carbonyl (C=O) groups is 1. The van der Waals surface area contributed by atoms with Crippen molar-refractivity contribution in [1.29, 1.82) is 0 Å². The molecule has 0 spiro atoms. The van der Waals surface area contributed by atoms with Gasteiger partial charge in [-0.05, 0) is 23.8 Å². The van der Waals surface area contributed by atoms with Crippen LogP contribution in [0.3, 0.4) is 0 Å². The molecule has 0 saturated carbocycles. The fraction of sp³-hybridized carbons (Fsp3) is 0.150. The lowest BCUT2D eigenvalue weighted by atomic mass is 10.1. The zero-order valence-electron chi connectivity index (χ0n) is 15.9. The highest BCUT2D eigenvalue weighted by atomic mass is 19.1. The Morgan fingerprint density at radius 1 is 1.23 bits per heavy atom. The molecule has 4 rings (SSSR count). The van der Waals surface area contributed by atoms with Crippen LogP contribution in [0.15, 0.2) is 61.4 Å². The van der Waals surface area contributed by atoms with Gasteiger partial charge in [0.25, 0.3) is 5.91 Å². The van der Waals surface area contributed by atoms with Crippen LogP contribution in [0, 0.1) is 5.82 Å². The predicted molar refractivity (Wildman–Crippen MR) is 108 cm³/mol. The number of pyridine rings is 2.